The van der Waals surface area contributed by atoms with Crippen molar-refractivity contribution in [2.24, 2.45) is 0 Å². The molecule has 1 saturated heterocycles. The van der Waals surface area contributed by atoms with E-state index in [0.29, 0.717) is 5.69 Å². The molecule has 1 fully saturated rings. The largest absolute Gasteiger partial charge is 0.383 e. The summed E-state index contributed by atoms with van der Waals surface area (Å²) in [7, 11) is 0. The van der Waals surface area contributed by atoms with E-state index in [0.717, 1.165) is 36.0 Å². The summed E-state index contributed by atoms with van der Waals surface area (Å²) >= 11 is 3.46. The monoisotopic (exact) mass is 300 g/mol. The van der Waals surface area contributed by atoms with Crippen LogP contribution < -0.4 is 0 Å². The van der Waals surface area contributed by atoms with Gasteiger partial charge in [0.05, 0.1) is 10.2 Å². The number of aromatic nitrogens is 2. The van der Waals surface area contributed by atoms with Crippen LogP contribution in [0.4, 0.5) is 0 Å². The first kappa shape index (κ1) is 12.8. The first-order valence-corrected chi connectivity index (χ1v) is 6.61. The quantitative estimate of drug-likeness (QED) is 0.873. The lowest BCUT2D eigenvalue weighted by Gasteiger charge is -2.23. The summed E-state index contributed by atoms with van der Waals surface area (Å²) in [6.07, 6.45) is 3.96. The Morgan fingerprint density at radius 1 is 1.65 bits per heavy atom. The van der Waals surface area contributed by atoms with Gasteiger partial charge in [-0.15, -0.1) is 6.58 Å². The second kappa shape index (κ2) is 5.33. The molecule has 1 aliphatic rings. The molecule has 1 aliphatic heterocycles. The fourth-order valence-electron chi connectivity index (χ4n) is 2.02. The molecule has 2 atom stereocenters. The maximum absolute atomic E-state index is 9.78. The molecule has 2 unspecified atom stereocenters. The van der Waals surface area contributed by atoms with Crippen LogP contribution >= 0.6 is 15.9 Å². The zero-order valence-corrected chi connectivity index (χ0v) is 11.5. The number of ether oxygens (including phenoxy) is 1. The number of aliphatic hydroxyl groups is 1. The van der Waals surface area contributed by atoms with Crippen molar-refractivity contribution in [2.45, 2.75) is 38.5 Å². The van der Waals surface area contributed by atoms with Gasteiger partial charge in [0.25, 0.3) is 0 Å². The molecule has 0 amide bonds. The highest BCUT2D eigenvalue weighted by atomic mass is 79.9. The molecule has 17 heavy (non-hydrogen) atoms. The smallest absolute Gasteiger partial charge is 0.150 e. The second-order valence-corrected chi connectivity index (χ2v) is 5.02. The van der Waals surface area contributed by atoms with Crippen molar-refractivity contribution in [2.75, 3.05) is 6.61 Å². The van der Waals surface area contributed by atoms with Gasteiger partial charge in [-0.3, -0.25) is 0 Å². The van der Waals surface area contributed by atoms with Gasteiger partial charge in [0.15, 0.2) is 0 Å². The van der Waals surface area contributed by atoms with Crippen molar-refractivity contribution >= 4 is 15.9 Å². The molecule has 2 heterocycles. The van der Waals surface area contributed by atoms with E-state index in [4.69, 9.17) is 4.74 Å². The molecule has 0 bridgehead atoms. The maximum Gasteiger partial charge on any atom is 0.150 e. The highest BCUT2D eigenvalue weighted by Crippen LogP contribution is 2.31. The molecule has 1 N–H and O–H groups in total. The summed E-state index contributed by atoms with van der Waals surface area (Å²) in [5.41, 5.74) is 1.58. The second-order valence-electron chi connectivity index (χ2n) is 4.23. The molecule has 1 aromatic rings. The Balaban J connectivity index is 2.31. The maximum atomic E-state index is 9.78. The Hall–Kier alpha value is -0.650. The van der Waals surface area contributed by atoms with Crippen LogP contribution in [0.3, 0.4) is 0 Å². The van der Waals surface area contributed by atoms with E-state index in [9.17, 15) is 5.11 Å². The Morgan fingerprint density at radius 3 is 3.00 bits per heavy atom. The van der Waals surface area contributed by atoms with E-state index in [-0.39, 0.29) is 6.23 Å². The number of halogens is 1. The van der Waals surface area contributed by atoms with Crippen molar-refractivity contribution in [3.63, 3.8) is 0 Å². The fraction of sp³-hybridized carbons (Fsp3) is 0.583. The lowest BCUT2D eigenvalue weighted by molar-refractivity contribution is -0.0411. The van der Waals surface area contributed by atoms with Gasteiger partial charge in [0.2, 0.25) is 0 Å². The van der Waals surface area contributed by atoms with Gasteiger partial charge in [-0.2, -0.15) is 5.10 Å². The zero-order chi connectivity index (χ0) is 12.4. The minimum Gasteiger partial charge on any atom is -0.383 e. The van der Waals surface area contributed by atoms with Gasteiger partial charge >= 0.3 is 0 Å². The molecule has 2 rings (SSSR count). The molecule has 0 radical (unpaired) electrons. The summed E-state index contributed by atoms with van der Waals surface area (Å²) in [5.74, 6) is 0. The molecular weight excluding hydrogens is 284 g/mol. The Bertz CT molecular complexity index is 411. The van der Waals surface area contributed by atoms with Crippen LogP contribution in [0.5, 0.6) is 0 Å². The first-order chi connectivity index (χ1) is 8.15. The Labute approximate surface area is 109 Å². The molecule has 94 valence electrons. The van der Waals surface area contributed by atoms with Gasteiger partial charge < -0.3 is 9.84 Å². The van der Waals surface area contributed by atoms with Crippen LogP contribution in [-0.2, 0) is 4.74 Å². The molecule has 0 saturated carbocycles. The van der Waals surface area contributed by atoms with Crippen LogP contribution in [0.15, 0.2) is 17.1 Å². The minimum absolute atomic E-state index is 0.00850. The van der Waals surface area contributed by atoms with Crippen molar-refractivity contribution in [3.05, 3.63) is 28.5 Å². The van der Waals surface area contributed by atoms with E-state index in [1.807, 2.05) is 11.6 Å². The average molecular weight is 301 g/mol. The molecule has 4 nitrogen and oxygen atoms in total. The van der Waals surface area contributed by atoms with Crippen molar-refractivity contribution < 1.29 is 9.84 Å². The van der Waals surface area contributed by atoms with E-state index < -0.39 is 6.10 Å². The first-order valence-electron chi connectivity index (χ1n) is 5.82. The molecule has 5 heteroatoms. The van der Waals surface area contributed by atoms with E-state index >= 15 is 0 Å². The standard InChI is InChI=1S/C12H17BrN2O2/c1-3-9(16)12-11(13)8(2)15(14-12)10-6-4-5-7-17-10/h3,9-10,16H,1,4-7H2,2H3. The normalized spacial score (nSPS) is 22.4. The highest BCUT2D eigenvalue weighted by molar-refractivity contribution is 9.10. The van der Waals surface area contributed by atoms with E-state index in [1.165, 1.54) is 6.08 Å². The lowest BCUT2D eigenvalue weighted by atomic mass is 10.2. The summed E-state index contributed by atoms with van der Waals surface area (Å²) in [6, 6.07) is 0. The molecule has 0 aromatic carbocycles. The minimum atomic E-state index is -0.743. The summed E-state index contributed by atoms with van der Waals surface area (Å²) in [5, 5.41) is 14.2. The zero-order valence-electron chi connectivity index (χ0n) is 9.90. The van der Waals surface area contributed by atoms with Crippen LogP contribution in [0, 0.1) is 6.92 Å². The number of rotatable bonds is 3. The number of aliphatic hydroxyl groups excluding tert-OH is 1. The van der Waals surface area contributed by atoms with Crippen molar-refractivity contribution in [3.8, 4) is 0 Å². The predicted molar refractivity (Wildman–Crippen MR) is 68.7 cm³/mol. The van der Waals surface area contributed by atoms with Crippen LogP contribution in [-0.4, -0.2) is 21.5 Å². The topological polar surface area (TPSA) is 47.3 Å². The summed E-state index contributed by atoms with van der Waals surface area (Å²) in [4.78, 5) is 0. The van der Waals surface area contributed by atoms with Crippen LogP contribution in [0.2, 0.25) is 0 Å². The van der Waals surface area contributed by atoms with Gasteiger partial charge in [-0.25, -0.2) is 4.68 Å². The third-order valence-corrected chi connectivity index (χ3v) is 4.01. The van der Waals surface area contributed by atoms with Gasteiger partial charge in [0, 0.05) is 6.61 Å². The summed E-state index contributed by atoms with van der Waals surface area (Å²) < 4.78 is 8.38. The van der Waals surface area contributed by atoms with Crippen molar-refractivity contribution in [1.82, 2.24) is 9.78 Å². The van der Waals surface area contributed by atoms with Gasteiger partial charge in [-0.1, -0.05) is 6.08 Å². The van der Waals surface area contributed by atoms with E-state index in [1.54, 1.807) is 0 Å². The number of hydrogen-bond donors (Lipinski definition) is 1. The predicted octanol–water partition coefficient (Wildman–Crippen LogP) is 2.87. The SMILES string of the molecule is C=CC(O)c1nn(C2CCCCO2)c(C)c1Br. The Morgan fingerprint density at radius 2 is 2.41 bits per heavy atom. The van der Waals surface area contributed by atoms with Gasteiger partial charge in [-0.05, 0) is 42.1 Å². The molecule has 1 aromatic heterocycles. The van der Waals surface area contributed by atoms with Crippen molar-refractivity contribution in [1.29, 1.82) is 0 Å². The third-order valence-electron chi connectivity index (χ3n) is 3.03. The van der Waals surface area contributed by atoms with Crippen LogP contribution in [0.1, 0.15) is 43.0 Å². The molecular formula is C12H17BrN2O2. The van der Waals surface area contributed by atoms with Gasteiger partial charge in [0.1, 0.15) is 18.0 Å². The average Bonchev–Trinajstić information content (AvgIpc) is 2.67. The van der Waals surface area contributed by atoms with Crippen LogP contribution in [0.25, 0.3) is 0 Å². The lowest BCUT2D eigenvalue weighted by Crippen LogP contribution is -2.20. The summed E-state index contributed by atoms with van der Waals surface area (Å²) in [6.45, 7) is 6.32. The fourth-order valence-corrected chi connectivity index (χ4v) is 2.51. The highest BCUT2D eigenvalue weighted by Gasteiger charge is 2.23. The van der Waals surface area contributed by atoms with E-state index in [2.05, 4.69) is 27.6 Å². The Kier molecular flexibility index (Phi) is 4.01. The number of nitrogens with zero attached hydrogens (tertiary/aromatic N) is 2. The number of hydrogen-bond acceptors (Lipinski definition) is 3. The molecule has 0 spiro atoms. The third kappa shape index (κ3) is 2.46. The molecule has 0 aliphatic carbocycles.